The number of phenolic OH excluding ortho intramolecular Hbond substituents is 2. The fourth-order valence-corrected chi connectivity index (χ4v) is 4.40. The van der Waals surface area contributed by atoms with Crippen LogP contribution in [0.25, 0.3) is 0 Å². The van der Waals surface area contributed by atoms with Crippen molar-refractivity contribution < 1.29 is 38.8 Å². The van der Waals surface area contributed by atoms with Crippen LogP contribution in [0.3, 0.4) is 0 Å². The van der Waals surface area contributed by atoms with Gasteiger partial charge in [0.1, 0.15) is 23.7 Å². The highest BCUT2D eigenvalue weighted by Gasteiger charge is 2.73. The normalized spacial score (nSPS) is 29.5. The second-order valence-electron chi connectivity index (χ2n) is 7.17. The summed E-state index contributed by atoms with van der Waals surface area (Å²) >= 11 is 0. The number of ketones is 3. The van der Waals surface area contributed by atoms with Crippen molar-refractivity contribution >= 4 is 17.3 Å². The van der Waals surface area contributed by atoms with E-state index in [1.807, 2.05) is 0 Å². The second-order valence-corrected chi connectivity index (χ2v) is 7.17. The quantitative estimate of drug-likeness (QED) is 0.430. The molecule has 2 aromatic rings. The van der Waals surface area contributed by atoms with E-state index in [0.29, 0.717) is 0 Å². The molecule has 2 aromatic carbocycles. The van der Waals surface area contributed by atoms with Gasteiger partial charge in [0, 0.05) is 22.3 Å². The number of epoxide rings is 1. The van der Waals surface area contributed by atoms with E-state index in [2.05, 4.69) is 0 Å². The maximum absolute atomic E-state index is 14.8. The summed E-state index contributed by atoms with van der Waals surface area (Å²) in [6.45, 7) is 1.09. The number of ether oxygens (including phenoxy) is 1. The standard InChI is InChI=1S/C20H13FO7/c1-6(22)20-18(21)17(27)11-12(19(20)28-20)16(26)10-9(15(11)25)13(23)7-4-2-3-5-8(7)14(10)24/h2-5,17-19,25-27H,1H3/t17-,18?,19?,20-/m1/s1. The van der Waals surface area contributed by atoms with Gasteiger partial charge in [-0.05, 0) is 6.92 Å². The van der Waals surface area contributed by atoms with Gasteiger partial charge in [0.15, 0.2) is 29.1 Å². The van der Waals surface area contributed by atoms with Crippen molar-refractivity contribution in [2.45, 2.75) is 30.9 Å². The second kappa shape index (κ2) is 5.03. The summed E-state index contributed by atoms with van der Waals surface area (Å²) in [4.78, 5) is 37.8. The first-order chi connectivity index (χ1) is 13.2. The summed E-state index contributed by atoms with van der Waals surface area (Å²) < 4.78 is 20.1. The predicted octanol–water partition coefficient (Wildman–Crippen LogP) is 1.66. The van der Waals surface area contributed by atoms with Crippen molar-refractivity contribution in [2.24, 2.45) is 0 Å². The Labute approximate surface area is 157 Å². The largest absolute Gasteiger partial charge is 0.507 e. The highest BCUT2D eigenvalue weighted by atomic mass is 19.1. The Hall–Kier alpha value is -3.10. The molecule has 2 aliphatic carbocycles. The predicted molar refractivity (Wildman–Crippen MR) is 90.2 cm³/mol. The van der Waals surface area contributed by atoms with Crippen LogP contribution in [-0.2, 0) is 9.53 Å². The maximum Gasteiger partial charge on any atom is 0.198 e. The zero-order chi connectivity index (χ0) is 20.1. The molecule has 0 amide bonds. The minimum Gasteiger partial charge on any atom is -0.507 e. The lowest BCUT2D eigenvalue weighted by atomic mass is 9.73. The van der Waals surface area contributed by atoms with Gasteiger partial charge in [0.2, 0.25) is 0 Å². The minimum absolute atomic E-state index is 0.0255. The van der Waals surface area contributed by atoms with Crippen LogP contribution in [0.15, 0.2) is 24.3 Å². The highest BCUT2D eigenvalue weighted by molar-refractivity contribution is 6.30. The fraction of sp³-hybridized carbons (Fsp3) is 0.250. The molecule has 3 aliphatic rings. The van der Waals surface area contributed by atoms with Crippen LogP contribution < -0.4 is 0 Å². The molecule has 0 aromatic heterocycles. The Morgan fingerprint density at radius 1 is 1.04 bits per heavy atom. The van der Waals surface area contributed by atoms with E-state index in [9.17, 15) is 34.1 Å². The average Bonchev–Trinajstić information content (AvgIpc) is 3.43. The van der Waals surface area contributed by atoms with Crippen LogP contribution in [0.1, 0.15) is 62.1 Å². The van der Waals surface area contributed by atoms with Gasteiger partial charge in [-0.3, -0.25) is 14.4 Å². The average molecular weight is 384 g/mol. The Balaban J connectivity index is 1.84. The first kappa shape index (κ1) is 17.0. The molecule has 142 valence electrons. The Morgan fingerprint density at radius 2 is 1.54 bits per heavy atom. The fourth-order valence-electron chi connectivity index (χ4n) is 4.40. The summed E-state index contributed by atoms with van der Waals surface area (Å²) in [6, 6.07) is 5.89. The number of benzene rings is 2. The molecular formula is C20H13FO7. The summed E-state index contributed by atoms with van der Waals surface area (Å²) in [7, 11) is 0. The summed E-state index contributed by atoms with van der Waals surface area (Å²) in [5.41, 5.74) is -3.54. The number of carbonyl (C=O) groups is 3. The molecule has 0 bridgehead atoms. The molecule has 5 rings (SSSR count). The topological polar surface area (TPSA) is 124 Å². The van der Waals surface area contributed by atoms with Crippen LogP contribution in [0.4, 0.5) is 4.39 Å². The third-order valence-electron chi connectivity index (χ3n) is 5.83. The summed E-state index contributed by atoms with van der Waals surface area (Å²) in [5, 5.41) is 31.9. The van der Waals surface area contributed by atoms with Crippen LogP contribution in [0.2, 0.25) is 0 Å². The third-order valence-corrected chi connectivity index (χ3v) is 5.83. The molecule has 1 aliphatic heterocycles. The molecule has 0 saturated carbocycles. The maximum atomic E-state index is 14.8. The number of aliphatic hydroxyl groups excluding tert-OH is 1. The van der Waals surface area contributed by atoms with E-state index in [0.717, 1.165) is 6.92 Å². The number of aliphatic hydroxyl groups is 1. The number of rotatable bonds is 1. The molecular weight excluding hydrogens is 371 g/mol. The molecule has 28 heavy (non-hydrogen) atoms. The monoisotopic (exact) mass is 384 g/mol. The first-order valence-electron chi connectivity index (χ1n) is 8.54. The first-order valence-corrected chi connectivity index (χ1v) is 8.54. The number of phenols is 2. The molecule has 2 unspecified atom stereocenters. The molecule has 1 saturated heterocycles. The number of Topliss-reactive ketones (excluding diaryl/α,β-unsaturated/α-hetero) is 1. The Bertz CT molecular complexity index is 1140. The van der Waals surface area contributed by atoms with E-state index >= 15 is 0 Å². The van der Waals surface area contributed by atoms with Crippen molar-refractivity contribution in [1.82, 2.24) is 0 Å². The summed E-state index contributed by atoms with van der Waals surface area (Å²) in [6.07, 6.45) is -5.49. The molecule has 3 N–H and O–H groups in total. The minimum atomic E-state index is -2.20. The van der Waals surface area contributed by atoms with E-state index in [1.165, 1.54) is 18.2 Å². The van der Waals surface area contributed by atoms with Gasteiger partial charge in [-0.15, -0.1) is 0 Å². The third kappa shape index (κ3) is 1.68. The van der Waals surface area contributed by atoms with Gasteiger partial charge in [-0.1, -0.05) is 24.3 Å². The lowest BCUT2D eigenvalue weighted by molar-refractivity contribution is -0.127. The van der Waals surface area contributed by atoms with Gasteiger partial charge < -0.3 is 20.1 Å². The number of halogens is 1. The number of aromatic hydroxyl groups is 2. The molecule has 7 nitrogen and oxygen atoms in total. The number of carbonyl (C=O) groups excluding carboxylic acids is 3. The SMILES string of the molecule is CC(=O)[C@]12OC1c1c(O)c3c(c(O)c1[C@@H](O)C2F)C(=O)c1ccccc1C3=O. The van der Waals surface area contributed by atoms with Crippen molar-refractivity contribution in [3.63, 3.8) is 0 Å². The van der Waals surface area contributed by atoms with Crippen molar-refractivity contribution in [1.29, 1.82) is 0 Å². The molecule has 1 fully saturated rings. The molecule has 0 spiro atoms. The van der Waals surface area contributed by atoms with Crippen LogP contribution in [0.5, 0.6) is 11.5 Å². The molecule has 1 heterocycles. The van der Waals surface area contributed by atoms with E-state index in [1.54, 1.807) is 6.07 Å². The number of fused-ring (bicyclic) bond motifs is 5. The molecule has 0 radical (unpaired) electrons. The van der Waals surface area contributed by atoms with E-state index in [-0.39, 0.29) is 16.7 Å². The Morgan fingerprint density at radius 3 is 2.04 bits per heavy atom. The van der Waals surface area contributed by atoms with Crippen molar-refractivity contribution in [3.8, 4) is 11.5 Å². The van der Waals surface area contributed by atoms with Crippen LogP contribution in [0, 0.1) is 0 Å². The highest BCUT2D eigenvalue weighted by Crippen LogP contribution is 2.65. The lowest BCUT2D eigenvalue weighted by Crippen LogP contribution is -2.42. The van der Waals surface area contributed by atoms with Crippen LogP contribution in [-0.4, -0.2) is 44.4 Å². The van der Waals surface area contributed by atoms with Gasteiger partial charge in [-0.2, -0.15) is 0 Å². The van der Waals surface area contributed by atoms with E-state index < -0.39 is 69.5 Å². The van der Waals surface area contributed by atoms with Crippen molar-refractivity contribution in [3.05, 3.63) is 57.6 Å². The number of hydrogen-bond donors (Lipinski definition) is 3. The molecule has 4 atom stereocenters. The zero-order valence-corrected chi connectivity index (χ0v) is 14.4. The van der Waals surface area contributed by atoms with Gasteiger partial charge >= 0.3 is 0 Å². The zero-order valence-electron chi connectivity index (χ0n) is 14.4. The van der Waals surface area contributed by atoms with Gasteiger partial charge in [-0.25, -0.2) is 4.39 Å². The smallest absolute Gasteiger partial charge is 0.198 e. The van der Waals surface area contributed by atoms with Crippen LogP contribution >= 0.6 is 0 Å². The lowest BCUT2D eigenvalue weighted by Gasteiger charge is -2.31. The number of alkyl halides is 1. The van der Waals surface area contributed by atoms with Gasteiger partial charge in [0.25, 0.3) is 0 Å². The Kier molecular flexibility index (Phi) is 3.06. The van der Waals surface area contributed by atoms with Gasteiger partial charge in [0.05, 0.1) is 11.1 Å². The number of hydrogen-bond acceptors (Lipinski definition) is 7. The summed E-state index contributed by atoms with van der Waals surface area (Å²) in [5.74, 6) is -3.62. The van der Waals surface area contributed by atoms with E-state index in [4.69, 9.17) is 4.74 Å². The van der Waals surface area contributed by atoms with Crippen molar-refractivity contribution in [2.75, 3.05) is 0 Å². The molecule has 8 heteroatoms.